The number of carbonyl (C=O) groups excluding carboxylic acids is 1. The van der Waals surface area contributed by atoms with Gasteiger partial charge in [-0.1, -0.05) is 12.2 Å². The number of carbonyl (C=O) groups is 1. The highest BCUT2D eigenvalue weighted by atomic mass is 16.3. The third-order valence-corrected chi connectivity index (χ3v) is 2.54. The molecule has 15 heavy (non-hydrogen) atoms. The number of hydrogen-bond acceptors (Lipinski definition) is 2. The van der Waals surface area contributed by atoms with Gasteiger partial charge in [0.2, 0.25) is 0 Å². The second-order valence-electron chi connectivity index (χ2n) is 4.01. The number of aliphatic hydroxyl groups excluding tert-OH is 1. The maximum absolute atomic E-state index is 11.5. The molecule has 0 bridgehead atoms. The lowest BCUT2D eigenvalue weighted by Crippen LogP contribution is -2.45. The van der Waals surface area contributed by atoms with Gasteiger partial charge >= 0.3 is 6.03 Å². The highest BCUT2D eigenvalue weighted by Crippen LogP contribution is 2.10. The van der Waals surface area contributed by atoms with Crippen LogP contribution in [0.4, 0.5) is 4.79 Å². The van der Waals surface area contributed by atoms with Crippen LogP contribution in [-0.2, 0) is 0 Å². The fraction of sp³-hybridized carbons (Fsp3) is 0.727. The minimum Gasteiger partial charge on any atom is -0.396 e. The number of allylic oxidation sites excluding steroid dienone is 1. The Morgan fingerprint density at radius 2 is 2.40 bits per heavy atom. The van der Waals surface area contributed by atoms with Crippen molar-refractivity contribution in [1.82, 2.24) is 10.6 Å². The molecule has 0 fully saturated rings. The molecular weight excluding hydrogens is 192 g/mol. The first-order chi connectivity index (χ1) is 7.22. The molecule has 0 aromatic heterocycles. The minimum absolute atomic E-state index is 0.0223. The summed E-state index contributed by atoms with van der Waals surface area (Å²) in [5.74, 6) is 0. The summed E-state index contributed by atoms with van der Waals surface area (Å²) < 4.78 is 0. The molecule has 4 heteroatoms. The Bertz CT molecular complexity index is 229. The second kappa shape index (κ2) is 6.45. The fourth-order valence-corrected chi connectivity index (χ4v) is 1.64. The SMILES string of the molecule is C[C@H](CCO)NC(=O)NC1CC=CCC1. The summed E-state index contributed by atoms with van der Waals surface area (Å²) in [4.78, 5) is 11.5. The van der Waals surface area contributed by atoms with Gasteiger partial charge in [-0.15, -0.1) is 0 Å². The molecule has 0 saturated carbocycles. The lowest BCUT2D eigenvalue weighted by Gasteiger charge is -2.21. The molecule has 1 aliphatic carbocycles. The highest BCUT2D eigenvalue weighted by molar-refractivity contribution is 5.74. The Labute approximate surface area is 90.7 Å². The first kappa shape index (κ1) is 12.0. The first-order valence-corrected chi connectivity index (χ1v) is 5.55. The molecule has 1 aliphatic rings. The number of aliphatic hydroxyl groups is 1. The highest BCUT2D eigenvalue weighted by Gasteiger charge is 2.13. The average molecular weight is 212 g/mol. The Morgan fingerprint density at radius 1 is 1.60 bits per heavy atom. The first-order valence-electron chi connectivity index (χ1n) is 5.55. The van der Waals surface area contributed by atoms with Crippen LogP contribution < -0.4 is 10.6 Å². The summed E-state index contributed by atoms with van der Waals surface area (Å²) in [5.41, 5.74) is 0. The van der Waals surface area contributed by atoms with Crippen molar-refractivity contribution in [2.24, 2.45) is 0 Å². The van der Waals surface area contributed by atoms with Gasteiger partial charge in [0, 0.05) is 18.7 Å². The number of urea groups is 1. The lowest BCUT2D eigenvalue weighted by atomic mass is 10.0. The maximum atomic E-state index is 11.5. The summed E-state index contributed by atoms with van der Waals surface area (Å²) in [6, 6.07) is 0.154. The van der Waals surface area contributed by atoms with E-state index in [2.05, 4.69) is 22.8 Å². The van der Waals surface area contributed by atoms with E-state index >= 15 is 0 Å². The van der Waals surface area contributed by atoms with Crippen molar-refractivity contribution >= 4 is 6.03 Å². The van der Waals surface area contributed by atoms with Crippen LogP contribution in [0.5, 0.6) is 0 Å². The van der Waals surface area contributed by atoms with Gasteiger partial charge in [0.25, 0.3) is 0 Å². The van der Waals surface area contributed by atoms with Gasteiger partial charge in [0.15, 0.2) is 0 Å². The molecule has 0 saturated heterocycles. The van der Waals surface area contributed by atoms with Crippen LogP contribution in [0.15, 0.2) is 12.2 Å². The molecule has 1 rings (SSSR count). The van der Waals surface area contributed by atoms with Crippen molar-refractivity contribution in [2.75, 3.05) is 6.61 Å². The summed E-state index contributed by atoms with van der Waals surface area (Å²) >= 11 is 0. The zero-order valence-corrected chi connectivity index (χ0v) is 9.20. The molecule has 0 aliphatic heterocycles. The number of amides is 2. The van der Waals surface area contributed by atoms with Crippen molar-refractivity contribution in [3.63, 3.8) is 0 Å². The monoisotopic (exact) mass is 212 g/mol. The zero-order chi connectivity index (χ0) is 11.1. The van der Waals surface area contributed by atoms with Crippen molar-refractivity contribution in [3.05, 3.63) is 12.2 Å². The topological polar surface area (TPSA) is 61.4 Å². The molecular formula is C11H20N2O2. The van der Waals surface area contributed by atoms with Crippen LogP contribution >= 0.6 is 0 Å². The average Bonchev–Trinajstić information content (AvgIpc) is 2.19. The van der Waals surface area contributed by atoms with E-state index in [-0.39, 0.29) is 24.7 Å². The molecule has 0 aromatic carbocycles. The van der Waals surface area contributed by atoms with E-state index in [1.807, 2.05) is 6.92 Å². The van der Waals surface area contributed by atoms with Crippen LogP contribution in [0.2, 0.25) is 0 Å². The van der Waals surface area contributed by atoms with Crippen molar-refractivity contribution in [3.8, 4) is 0 Å². The van der Waals surface area contributed by atoms with Crippen molar-refractivity contribution in [1.29, 1.82) is 0 Å². The van der Waals surface area contributed by atoms with E-state index < -0.39 is 0 Å². The summed E-state index contributed by atoms with van der Waals surface area (Å²) in [7, 11) is 0. The van der Waals surface area contributed by atoms with Gasteiger partial charge in [-0.25, -0.2) is 4.79 Å². The standard InChI is InChI=1S/C11H20N2O2/c1-9(7-8-14)12-11(15)13-10-5-3-2-4-6-10/h2-3,9-10,14H,4-8H2,1H3,(H2,12,13,15)/t9-,10?/m1/s1. The van der Waals surface area contributed by atoms with Gasteiger partial charge in [0.1, 0.15) is 0 Å². The Kier molecular flexibility index (Phi) is 5.18. The predicted molar refractivity (Wildman–Crippen MR) is 59.6 cm³/mol. The Balaban J connectivity index is 2.20. The molecule has 3 N–H and O–H groups in total. The number of nitrogens with one attached hydrogen (secondary N) is 2. The summed E-state index contributed by atoms with van der Waals surface area (Å²) in [6.45, 7) is 1.99. The van der Waals surface area contributed by atoms with E-state index in [1.165, 1.54) is 0 Å². The molecule has 2 atom stereocenters. The second-order valence-corrected chi connectivity index (χ2v) is 4.01. The van der Waals surface area contributed by atoms with Gasteiger partial charge < -0.3 is 15.7 Å². The van der Waals surface area contributed by atoms with E-state index in [1.54, 1.807) is 0 Å². The number of rotatable bonds is 4. The predicted octanol–water partition coefficient (Wildman–Crippen LogP) is 1.17. The quantitative estimate of drug-likeness (QED) is 0.612. The third-order valence-electron chi connectivity index (χ3n) is 2.54. The molecule has 86 valence electrons. The van der Waals surface area contributed by atoms with Crippen molar-refractivity contribution in [2.45, 2.75) is 44.7 Å². The van der Waals surface area contributed by atoms with E-state index in [0.29, 0.717) is 6.42 Å². The van der Waals surface area contributed by atoms with E-state index in [4.69, 9.17) is 5.11 Å². The molecule has 0 aromatic rings. The largest absolute Gasteiger partial charge is 0.396 e. The zero-order valence-electron chi connectivity index (χ0n) is 9.20. The van der Waals surface area contributed by atoms with Crippen LogP contribution in [0.25, 0.3) is 0 Å². The van der Waals surface area contributed by atoms with Crippen LogP contribution in [-0.4, -0.2) is 29.8 Å². The maximum Gasteiger partial charge on any atom is 0.315 e. The fourth-order valence-electron chi connectivity index (χ4n) is 1.64. The van der Waals surface area contributed by atoms with Crippen LogP contribution in [0, 0.1) is 0 Å². The molecule has 2 amide bonds. The van der Waals surface area contributed by atoms with Crippen LogP contribution in [0.3, 0.4) is 0 Å². The molecule has 0 spiro atoms. The van der Waals surface area contributed by atoms with Gasteiger partial charge in [-0.05, 0) is 32.6 Å². The minimum atomic E-state index is -0.128. The summed E-state index contributed by atoms with van der Waals surface area (Å²) in [6.07, 6.45) is 7.81. The number of hydrogen-bond donors (Lipinski definition) is 3. The molecule has 0 radical (unpaired) electrons. The van der Waals surface area contributed by atoms with Crippen molar-refractivity contribution < 1.29 is 9.90 Å². The summed E-state index contributed by atoms with van der Waals surface area (Å²) in [5, 5.41) is 14.4. The Hall–Kier alpha value is -1.03. The molecule has 1 unspecified atom stereocenters. The molecule has 0 heterocycles. The van der Waals surface area contributed by atoms with E-state index in [0.717, 1.165) is 19.3 Å². The lowest BCUT2D eigenvalue weighted by molar-refractivity contribution is 0.226. The van der Waals surface area contributed by atoms with E-state index in [9.17, 15) is 4.79 Å². The molecule has 4 nitrogen and oxygen atoms in total. The normalized spacial score (nSPS) is 22.1. The smallest absolute Gasteiger partial charge is 0.315 e. The van der Waals surface area contributed by atoms with Gasteiger partial charge in [0.05, 0.1) is 0 Å². The van der Waals surface area contributed by atoms with Gasteiger partial charge in [-0.2, -0.15) is 0 Å². The Morgan fingerprint density at radius 3 is 3.00 bits per heavy atom. The van der Waals surface area contributed by atoms with Gasteiger partial charge in [-0.3, -0.25) is 0 Å². The van der Waals surface area contributed by atoms with Crippen LogP contribution in [0.1, 0.15) is 32.6 Å². The third kappa shape index (κ3) is 4.83.